The van der Waals surface area contributed by atoms with Crippen LogP contribution in [0.2, 0.25) is 0 Å². The van der Waals surface area contributed by atoms with Gasteiger partial charge in [-0.3, -0.25) is 4.79 Å². The van der Waals surface area contributed by atoms with Crippen LogP contribution in [0.1, 0.15) is 0 Å². The molecule has 33 heavy (non-hydrogen) atoms. The first-order valence-corrected chi connectivity index (χ1v) is 9.60. The Morgan fingerprint density at radius 3 is 1.94 bits per heavy atom. The molecule has 0 bridgehead atoms. The Balaban J connectivity index is 2.19. The van der Waals surface area contributed by atoms with E-state index in [0.717, 1.165) is 0 Å². The van der Waals surface area contributed by atoms with Crippen LogP contribution in [-0.4, -0.2) is 24.4 Å². The molecule has 0 amide bonds. The van der Waals surface area contributed by atoms with Gasteiger partial charge in [0.05, 0.1) is 25.3 Å². The standard InChI is InChI=1S/C24H16F4N2O3/c1-32-14-7-12(8-15(11-14)33-2)20-22(21-18(27)9-13(25)10-19(21)28)24(31)30-29-23(20)16-5-3-4-6-17(16)26/h3-11H,1-2H3,(H,30,31). The second-order valence-electron chi connectivity index (χ2n) is 6.98. The molecule has 5 nitrogen and oxygen atoms in total. The summed E-state index contributed by atoms with van der Waals surface area (Å²) in [5.74, 6) is -3.85. The molecule has 0 spiro atoms. The minimum Gasteiger partial charge on any atom is -0.497 e. The molecule has 0 saturated carbocycles. The van der Waals surface area contributed by atoms with Gasteiger partial charge in [-0.05, 0) is 29.8 Å². The first-order chi connectivity index (χ1) is 15.8. The van der Waals surface area contributed by atoms with Crippen molar-refractivity contribution in [3.63, 3.8) is 0 Å². The zero-order chi connectivity index (χ0) is 23.7. The van der Waals surface area contributed by atoms with E-state index in [2.05, 4.69) is 10.2 Å². The monoisotopic (exact) mass is 456 g/mol. The van der Waals surface area contributed by atoms with Gasteiger partial charge in [0.15, 0.2) is 0 Å². The van der Waals surface area contributed by atoms with E-state index in [0.29, 0.717) is 23.6 Å². The van der Waals surface area contributed by atoms with E-state index < -0.39 is 40.0 Å². The van der Waals surface area contributed by atoms with Crippen LogP contribution >= 0.6 is 0 Å². The summed E-state index contributed by atoms with van der Waals surface area (Å²) in [6, 6.07) is 11.0. The van der Waals surface area contributed by atoms with E-state index in [9.17, 15) is 22.4 Å². The van der Waals surface area contributed by atoms with Gasteiger partial charge in [-0.15, -0.1) is 0 Å². The Bertz CT molecular complexity index is 1370. The maximum Gasteiger partial charge on any atom is 0.272 e. The summed E-state index contributed by atoms with van der Waals surface area (Å²) in [6.45, 7) is 0. The molecule has 3 aromatic carbocycles. The molecule has 1 N–H and O–H groups in total. The van der Waals surface area contributed by atoms with E-state index in [4.69, 9.17) is 9.47 Å². The molecule has 0 atom stereocenters. The van der Waals surface area contributed by atoms with Crippen LogP contribution in [0, 0.1) is 23.3 Å². The Morgan fingerprint density at radius 1 is 0.758 bits per heavy atom. The maximum atomic E-state index is 14.8. The molecule has 0 fully saturated rings. The fourth-order valence-corrected chi connectivity index (χ4v) is 3.55. The highest BCUT2D eigenvalue weighted by Gasteiger charge is 2.26. The quantitative estimate of drug-likeness (QED) is 0.412. The normalized spacial score (nSPS) is 10.8. The zero-order valence-corrected chi connectivity index (χ0v) is 17.4. The van der Waals surface area contributed by atoms with Crippen LogP contribution < -0.4 is 15.0 Å². The number of ether oxygens (including phenoxy) is 2. The molecular weight excluding hydrogens is 440 g/mol. The second kappa shape index (κ2) is 8.78. The predicted octanol–water partition coefficient (Wildman–Crippen LogP) is 5.34. The molecular formula is C24H16F4N2O3. The average Bonchev–Trinajstić information content (AvgIpc) is 2.79. The van der Waals surface area contributed by atoms with Crippen molar-refractivity contribution in [3.05, 3.63) is 88.2 Å². The molecule has 0 aliphatic carbocycles. The van der Waals surface area contributed by atoms with Crippen molar-refractivity contribution in [3.8, 4) is 45.0 Å². The van der Waals surface area contributed by atoms with Gasteiger partial charge >= 0.3 is 0 Å². The lowest BCUT2D eigenvalue weighted by atomic mass is 9.91. The minimum absolute atomic E-state index is 0.0327. The van der Waals surface area contributed by atoms with Gasteiger partial charge < -0.3 is 9.47 Å². The molecule has 1 heterocycles. The van der Waals surface area contributed by atoms with Crippen LogP contribution in [-0.2, 0) is 0 Å². The van der Waals surface area contributed by atoms with Gasteiger partial charge in [0.25, 0.3) is 5.56 Å². The third-order valence-electron chi connectivity index (χ3n) is 5.01. The fraction of sp³-hybridized carbons (Fsp3) is 0.0833. The third kappa shape index (κ3) is 4.05. The predicted molar refractivity (Wildman–Crippen MR) is 114 cm³/mol. The lowest BCUT2D eigenvalue weighted by Crippen LogP contribution is -2.16. The molecule has 9 heteroatoms. The molecule has 1 aromatic heterocycles. The summed E-state index contributed by atoms with van der Waals surface area (Å²) >= 11 is 0. The SMILES string of the molecule is COc1cc(OC)cc(-c2c(-c3ccccc3F)n[nH]c(=O)c2-c2c(F)cc(F)cc2F)c1. The van der Waals surface area contributed by atoms with Crippen molar-refractivity contribution in [2.24, 2.45) is 0 Å². The summed E-state index contributed by atoms with van der Waals surface area (Å²) < 4.78 is 68.4. The van der Waals surface area contributed by atoms with E-state index >= 15 is 0 Å². The van der Waals surface area contributed by atoms with E-state index in [1.165, 1.54) is 44.6 Å². The van der Waals surface area contributed by atoms with Crippen molar-refractivity contribution in [2.45, 2.75) is 0 Å². The van der Waals surface area contributed by atoms with Crippen LogP contribution in [0.25, 0.3) is 33.5 Å². The molecule has 0 radical (unpaired) electrons. The Morgan fingerprint density at radius 2 is 1.36 bits per heavy atom. The first-order valence-electron chi connectivity index (χ1n) is 9.60. The molecule has 168 valence electrons. The Labute approximate surface area is 185 Å². The lowest BCUT2D eigenvalue weighted by Gasteiger charge is -2.17. The maximum absolute atomic E-state index is 14.8. The van der Waals surface area contributed by atoms with Gasteiger partial charge in [-0.25, -0.2) is 22.7 Å². The number of hydrogen-bond acceptors (Lipinski definition) is 4. The number of benzene rings is 3. The lowest BCUT2D eigenvalue weighted by molar-refractivity contribution is 0.394. The molecule has 4 aromatic rings. The molecule has 4 rings (SSSR count). The number of rotatable bonds is 5. The molecule has 0 aliphatic heterocycles. The van der Waals surface area contributed by atoms with Crippen molar-refractivity contribution >= 4 is 0 Å². The Hall–Kier alpha value is -4.14. The number of nitrogens with one attached hydrogen (secondary N) is 1. The van der Waals surface area contributed by atoms with Crippen LogP contribution in [0.3, 0.4) is 0 Å². The number of methoxy groups -OCH3 is 2. The van der Waals surface area contributed by atoms with E-state index in [1.807, 2.05) is 0 Å². The highest BCUT2D eigenvalue weighted by atomic mass is 19.1. The number of aromatic amines is 1. The number of aromatic nitrogens is 2. The van der Waals surface area contributed by atoms with Crippen molar-refractivity contribution in [1.82, 2.24) is 10.2 Å². The van der Waals surface area contributed by atoms with Gasteiger partial charge in [0.2, 0.25) is 0 Å². The highest BCUT2D eigenvalue weighted by molar-refractivity contribution is 5.93. The topological polar surface area (TPSA) is 64.2 Å². The van der Waals surface area contributed by atoms with Gasteiger partial charge in [-0.1, -0.05) is 12.1 Å². The van der Waals surface area contributed by atoms with Crippen LogP contribution in [0.4, 0.5) is 17.6 Å². The van der Waals surface area contributed by atoms with E-state index in [1.54, 1.807) is 12.1 Å². The van der Waals surface area contributed by atoms with Crippen LogP contribution in [0.15, 0.2) is 59.4 Å². The molecule has 0 unspecified atom stereocenters. The minimum atomic E-state index is -1.31. The number of halogens is 4. The smallest absolute Gasteiger partial charge is 0.272 e. The molecule has 0 saturated heterocycles. The highest BCUT2D eigenvalue weighted by Crippen LogP contribution is 2.41. The first kappa shape index (κ1) is 22.1. The average molecular weight is 456 g/mol. The number of H-pyrrole nitrogens is 1. The van der Waals surface area contributed by atoms with Crippen molar-refractivity contribution in [2.75, 3.05) is 14.2 Å². The summed E-state index contributed by atoms with van der Waals surface area (Å²) in [6.07, 6.45) is 0. The van der Waals surface area contributed by atoms with Crippen molar-refractivity contribution in [1.29, 1.82) is 0 Å². The van der Waals surface area contributed by atoms with E-state index in [-0.39, 0.29) is 22.4 Å². The Kier molecular flexibility index (Phi) is 5.87. The van der Waals surface area contributed by atoms with Gasteiger partial charge in [-0.2, -0.15) is 5.10 Å². The molecule has 0 aliphatic rings. The van der Waals surface area contributed by atoms with Crippen molar-refractivity contribution < 1.29 is 27.0 Å². The second-order valence-corrected chi connectivity index (χ2v) is 6.98. The van der Waals surface area contributed by atoms with Crippen LogP contribution in [0.5, 0.6) is 11.5 Å². The summed E-state index contributed by atoms with van der Waals surface area (Å²) in [4.78, 5) is 12.9. The number of nitrogens with zero attached hydrogens (tertiary/aromatic N) is 1. The zero-order valence-electron chi connectivity index (χ0n) is 17.4. The third-order valence-corrected chi connectivity index (χ3v) is 5.01. The fourth-order valence-electron chi connectivity index (χ4n) is 3.55. The van der Waals surface area contributed by atoms with Gasteiger partial charge in [0.1, 0.15) is 40.5 Å². The summed E-state index contributed by atoms with van der Waals surface area (Å²) in [5.41, 5.74) is -2.25. The van der Waals surface area contributed by atoms with Gasteiger partial charge in [0, 0.05) is 29.3 Å². The largest absolute Gasteiger partial charge is 0.497 e. The summed E-state index contributed by atoms with van der Waals surface area (Å²) in [7, 11) is 2.79. The summed E-state index contributed by atoms with van der Waals surface area (Å²) in [5, 5.41) is 6.15. The number of hydrogen-bond donors (Lipinski definition) is 1.